The molecule has 1 amide bonds. The summed E-state index contributed by atoms with van der Waals surface area (Å²) in [5.41, 5.74) is 5.06. The molecule has 0 atom stereocenters. The van der Waals surface area contributed by atoms with Crippen LogP contribution in [0.1, 0.15) is 43.7 Å². The van der Waals surface area contributed by atoms with Crippen LogP contribution in [0.2, 0.25) is 0 Å². The Labute approximate surface area is 206 Å². The van der Waals surface area contributed by atoms with Gasteiger partial charge in [-0.1, -0.05) is 44.2 Å². The third-order valence-electron chi connectivity index (χ3n) is 7.01. The molecular weight excluding hydrogens is 437 g/mol. The van der Waals surface area contributed by atoms with Crippen LogP contribution >= 0.6 is 0 Å². The number of fused-ring (bicyclic) bond motifs is 1. The Kier molecular flexibility index (Phi) is 6.69. The van der Waals surface area contributed by atoms with Gasteiger partial charge in [-0.15, -0.1) is 0 Å². The minimum absolute atomic E-state index is 0.0285. The summed E-state index contributed by atoms with van der Waals surface area (Å²) in [6.07, 6.45) is 4.15. The van der Waals surface area contributed by atoms with Crippen molar-refractivity contribution < 1.29 is 9.18 Å². The number of nitrogens with one attached hydrogen (secondary N) is 1. The zero-order valence-electron chi connectivity index (χ0n) is 20.4. The predicted octanol–water partition coefficient (Wildman–Crippen LogP) is 6.74. The number of aromatic nitrogens is 1. The van der Waals surface area contributed by atoms with Gasteiger partial charge in [-0.3, -0.25) is 9.69 Å². The summed E-state index contributed by atoms with van der Waals surface area (Å²) in [6, 6.07) is 23.7. The zero-order valence-corrected chi connectivity index (χ0v) is 20.4. The van der Waals surface area contributed by atoms with Gasteiger partial charge in [-0.2, -0.15) is 0 Å². The molecule has 4 aromatic rings. The van der Waals surface area contributed by atoms with Crippen molar-refractivity contribution in [1.82, 2.24) is 9.47 Å². The molecule has 180 valence electrons. The van der Waals surface area contributed by atoms with Gasteiger partial charge in [0, 0.05) is 29.7 Å². The molecule has 0 radical (unpaired) electrons. The molecule has 0 saturated carbocycles. The number of carbonyl (C=O) groups excluding carboxylic acids is 1. The molecule has 2 heterocycles. The molecule has 35 heavy (non-hydrogen) atoms. The molecular formula is C30H32FN3O. The molecule has 0 aliphatic carbocycles. The molecule has 1 aliphatic rings. The van der Waals surface area contributed by atoms with E-state index in [1.54, 1.807) is 12.1 Å². The molecule has 1 N–H and O–H groups in total. The van der Waals surface area contributed by atoms with Gasteiger partial charge < -0.3 is 9.88 Å². The average Bonchev–Trinajstić information content (AvgIpc) is 3.28. The number of anilines is 1. The van der Waals surface area contributed by atoms with Crippen molar-refractivity contribution in [3.05, 3.63) is 95.9 Å². The average molecular weight is 470 g/mol. The second kappa shape index (κ2) is 10.0. The van der Waals surface area contributed by atoms with E-state index >= 15 is 0 Å². The number of amides is 1. The van der Waals surface area contributed by atoms with Gasteiger partial charge in [0.15, 0.2) is 0 Å². The Morgan fingerprint density at radius 2 is 1.80 bits per heavy atom. The van der Waals surface area contributed by atoms with Crippen molar-refractivity contribution in [2.75, 3.05) is 18.4 Å². The lowest BCUT2D eigenvalue weighted by Crippen LogP contribution is -2.32. The van der Waals surface area contributed by atoms with Gasteiger partial charge in [0.05, 0.1) is 11.2 Å². The van der Waals surface area contributed by atoms with Crippen molar-refractivity contribution in [3.63, 3.8) is 0 Å². The van der Waals surface area contributed by atoms with Gasteiger partial charge in [-0.25, -0.2) is 4.39 Å². The molecule has 1 saturated heterocycles. The minimum atomic E-state index is -0.218. The summed E-state index contributed by atoms with van der Waals surface area (Å²) in [4.78, 5) is 14.6. The first-order valence-electron chi connectivity index (χ1n) is 12.5. The van der Waals surface area contributed by atoms with E-state index in [1.807, 2.05) is 42.8 Å². The van der Waals surface area contributed by atoms with Crippen molar-refractivity contribution in [2.45, 2.75) is 39.2 Å². The molecule has 5 rings (SSSR count). The lowest BCUT2D eigenvalue weighted by molar-refractivity contribution is -0.118. The molecule has 4 nitrogen and oxygen atoms in total. The highest BCUT2D eigenvalue weighted by Gasteiger charge is 2.21. The number of hydrogen-bond donors (Lipinski definition) is 1. The first-order chi connectivity index (χ1) is 17.0. The molecule has 1 aromatic heterocycles. The highest BCUT2D eigenvalue weighted by Crippen LogP contribution is 2.31. The van der Waals surface area contributed by atoms with E-state index in [4.69, 9.17) is 0 Å². The van der Waals surface area contributed by atoms with Crippen LogP contribution in [-0.4, -0.2) is 28.5 Å². The Morgan fingerprint density at radius 3 is 2.57 bits per heavy atom. The van der Waals surface area contributed by atoms with Crippen LogP contribution in [0.5, 0.6) is 0 Å². The molecule has 0 unspecified atom stereocenters. The fourth-order valence-electron chi connectivity index (χ4n) is 4.99. The molecule has 1 fully saturated rings. The number of hydrogen-bond acceptors (Lipinski definition) is 2. The number of rotatable bonds is 6. The lowest BCUT2D eigenvalue weighted by Gasteiger charge is -2.32. The van der Waals surface area contributed by atoms with Crippen LogP contribution < -0.4 is 5.32 Å². The number of likely N-dealkylation sites (tertiary alicyclic amines) is 1. The molecule has 0 spiro atoms. The highest BCUT2D eigenvalue weighted by atomic mass is 19.1. The van der Waals surface area contributed by atoms with E-state index in [0.29, 0.717) is 11.6 Å². The normalized spacial score (nSPS) is 15.1. The van der Waals surface area contributed by atoms with Crippen molar-refractivity contribution in [3.8, 4) is 5.69 Å². The Hall–Kier alpha value is -3.44. The molecule has 3 aromatic carbocycles. The van der Waals surface area contributed by atoms with Crippen LogP contribution in [0.3, 0.4) is 0 Å². The summed E-state index contributed by atoms with van der Waals surface area (Å²) in [6.45, 7) is 6.82. The highest BCUT2D eigenvalue weighted by molar-refractivity contribution is 5.92. The maximum Gasteiger partial charge on any atom is 0.226 e. The van der Waals surface area contributed by atoms with Crippen LogP contribution in [0.15, 0.2) is 79.0 Å². The van der Waals surface area contributed by atoms with E-state index in [0.717, 1.165) is 49.1 Å². The first-order valence-corrected chi connectivity index (χ1v) is 12.5. The second-order valence-corrected chi connectivity index (χ2v) is 9.85. The van der Waals surface area contributed by atoms with Crippen LogP contribution in [0.25, 0.3) is 16.6 Å². The molecule has 0 bridgehead atoms. The monoisotopic (exact) mass is 469 g/mol. The zero-order chi connectivity index (χ0) is 24.4. The Bertz CT molecular complexity index is 1330. The van der Waals surface area contributed by atoms with Crippen molar-refractivity contribution in [2.24, 2.45) is 5.92 Å². The quantitative estimate of drug-likeness (QED) is 0.339. The lowest BCUT2D eigenvalue weighted by atomic mass is 9.89. The summed E-state index contributed by atoms with van der Waals surface area (Å²) in [5, 5.41) is 4.15. The summed E-state index contributed by atoms with van der Waals surface area (Å²) in [5.74, 6) is 0.321. The Morgan fingerprint density at radius 1 is 1.00 bits per heavy atom. The Balaban J connectivity index is 1.22. The number of benzene rings is 3. The minimum Gasteiger partial charge on any atom is -0.326 e. The van der Waals surface area contributed by atoms with Gasteiger partial charge in [0.1, 0.15) is 5.82 Å². The standard InChI is InChI=1S/C30H32FN3O/c1-21(2)30(35)32-26-7-5-6-24(19-26)23-12-15-33(16-13-23)20-22-10-11-28-25(18-22)14-17-34(28)29-9-4-3-8-27(29)31/h3-11,14,17-19,21,23H,12-13,15-16,20H2,1-2H3,(H,32,35). The number of piperidine rings is 1. The maximum absolute atomic E-state index is 14.3. The third-order valence-corrected chi connectivity index (χ3v) is 7.01. The second-order valence-electron chi connectivity index (χ2n) is 9.85. The van der Waals surface area contributed by atoms with Crippen molar-refractivity contribution in [1.29, 1.82) is 0 Å². The fraction of sp³-hybridized carbons (Fsp3) is 0.300. The smallest absolute Gasteiger partial charge is 0.226 e. The number of halogens is 1. The summed E-state index contributed by atoms with van der Waals surface area (Å²) < 4.78 is 16.2. The van der Waals surface area contributed by atoms with Gasteiger partial charge in [0.25, 0.3) is 0 Å². The largest absolute Gasteiger partial charge is 0.326 e. The number of nitrogens with zero attached hydrogens (tertiary/aromatic N) is 2. The van der Waals surface area contributed by atoms with E-state index < -0.39 is 0 Å². The third kappa shape index (κ3) is 5.15. The van der Waals surface area contributed by atoms with E-state index in [-0.39, 0.29) is 17.6 Å². The SMILES string of the molecule is CC(C)C(=O)Nc1cccc(C2CCN(Cc3ccc4c(ccn4-c4ccccc4F)c3)CC2)c1. The molecule has 5 heteroatoms. The van der Waals surface area contributed by atoms with Gasteiger partial charge >= 0.3 is 0 Å². The van der Waals surface area contributed by atoms with Crippen LogP contribution in [0, 0.1) is 11.7 Å². The summed E-state index contributed by atoms with van der Waals surface area (Å²) in [7, 11) is 0. The van der Waals surface area contributed by atoms with E-state index in [9.17, 15) is 9.18 Å². The van der Waals surface area contributed by atoms with Crippen LogP contribution in [-0.2, 0) is 11.3 Å². The van der Waals surface area contributed by atoms with Crippen LogP contribution in [0.4, 0.5) is 10.1 Å². The van der Waals surface area contributed by atoms with E-state index in [2.05, 4.69) is 46.6 Å². The fourth-order valence-corrected chi connectivity index (χ4v) is 4.99. The number of para-hydroxylation sites is 1. The van der Waals surface area contributed by atoms with Crippen molar-refractivity contribution >= 4 is 22.5 Å². The topological polar surface area (TPSA) is 37.3 Å². The predicted molar refractivity (Wildman–Crippen MR) is 140 cm³/mol. The van der Waals surface area contributed by atoms with Gasteiger partial charge in [0.2, 0.25) is 5.91 Å². The van der Waals surface area contributed by atoms with Gasteiger partial charge in [-0.05, 0) is 85.4 Å². The van der Waals surface area contributed by atoms with E-state index in [1.165, 1.54) is 17.2 Å². The summed E-state index contributed by atoms with van der Waals surface area (Å²) >= 11 is 0. The maximum atomic E-state index is 14.3. The molecule has 1 aliphatic heterocycles. The number of carbonyl (C=O) groups is 1. The first kappa shape index (κ1) is 23.3.